The van der Waals surface area contributed by atoms with Crippen molar-refractivity contribution >= 4 is 38.4 Å². The Labute approximate surface area is 136 Å². The summed E-state index contributed by atoms with van der Waals surface area (Å²) in [6.07, 6.45) is 0.655. The second kappa shape index (κ2) is 5.79. The topological polar surface area (TPSA) is 43.8 Å². The third kappa shape index (κ3) is 2.84. The lowest BCUT2D eigenvalue weighted by Crippen LogP contribution is -2.14. The highest BCUT2D eigenvalue weighted by Crippen LogP contribution is 2.28. The van der Waals surface area contributed by atoms with Gasteiger partial charge in [0.05, 0.1) is 11.2 Å². The molecule has 1 atom stereocenters. The van der Waals surface area contributed by atoms with Crippen LogP contribution in [0.2, 0.25) is 5.02 Å². The van der Waals surface area contributed by atoms with Gasteiger partial charge in [-0.25, -0.2) is 0 Å². The summed E-state index contributed by atoms with van der Waals surface area (Å²) in [6.45, 7) is 0. The number of aryl methyl sites for hydroxylation is 1. The van der Waals surface area contributed by atoms with Crippen LogP contribution in [0, 0.1) is 0 Å². The standard InChI is InChI=1S/C16H15BrClN3/c1-21-16-5-3-2-4-12(16)15(20-21)9-14(19)11-7-6-10(17)8-13(11)18/h2-8,14H,9,19H2,1H3. The van der Waals surface area contributed by atoms with Crippen molar-refractivity contribution in [2.75, 3.05) is 0 Å². The van der Waals surface area contributed by atoms with Crippen molar-refractivity contribution in [1.82, 2.24) is 9.78 Å². The SMILES string of the molecule is Cn1nc(CC(N)c2ccc(Br)cc2Cl)c2ccccc21. The zero-order valence-electron chi connectivity index (χ0n) is 11.6. The Morgan fingerprint density at radius 1 is 1.29 bits per heavy atom. The molecule has 0 radical (unpaired) electrons. The molecule has 3 aromatic rings. The number of halogens is 2. The van der Waals surface area contributed by atoms with Gasteiger partial charge in [0.25, 0.3) is 0 Å². The van der Waals surface area contributed by atoms with Crippen LogP contribution in [-0.4, -0.2) is 9.78 Å². The van der Waals surface area contributed by atoms with Crippen LogP contribution in [0.15, 0.2) is 46.9 Å². The molecule has 0 saturated carbocycles. The third-order valence-corrected chi connectivity index (χ3v) is 4.43. The molecule has 1 aromatic heterocycles. The Morgan fingerprint density at radius 3 is 2.81 bits per heavy atom. The first-order valence-electron chi connectivity index (χ1n) is 6.67. The van der Waals surface area contributed by atoms with Gasteiger partial charge in [0.1, 0.15) is 0 Å². The van der Waals surface area contributed by atoms with Crippen molar-refractivity contribution in [1.29, 1.82) is 0 Å². The summed E-state index contributed by atoms with van der Waals surface area (Å²) in [5, 5.41) is 6.41. The Bertz CT molecular complexity index is 797. The van der Waals surface area contributed by atoms with Gasteiger partial charge in [-0.05, 0) is 23.8 Å². The van der Waals surface area contributed by atoms with Crippen molar-refractivity contribution < 1.29 is 0 Å². The fourth-order valence-corrected chi connectivity index (χ4v) is 3.37. The largest absolute Gasteiger partial charge is 0.324 e. The average molecular weight is 365 g/mol. The smallest absolute Gasteiger partial charge is 0.0722 e. The van der Waals surface area contributed by atoms with E-state index in [1.54, 1.807) is 0 Å². The predicted molar refractivity (Wildman–Crippen MR) is 90.5 cm³/mol. The van der Waals surface area contributed by atoms with E-state index in [4.69, 9.17) is 17.3 Å². The number of para-hydroxylation sites is 1. The summed E-state index contributed by atoms with van der Waals surface area (Å²) in [5.74, 6) is 0. The molecule has 3 rings (SSSR count). The molecule has 108 valence electrons. The Balaban J connectivity index is 1.94. The molecule has 0 aliphatic heterocycles. The van der Waals surface area contributed by atoms with Gasteiger partial charge in [-0.2, -0.15) is 5.10 Å². The van der Waals surface area contributed by atoms with Gasteiger partial charge in [0.15, 0.2) is 0 Å². The summed E-state index contributed by atoms with van der Waals surface area (Å²) in [5.41, 5.74) is 9.38. The van der Waals surface area contributed by atoms with Gasteiger partial charge in [-0.3, -0.25) is 4.68 Å². The second-order valence-corrected chi connectivity index (χ2v) is 6.39. The number of nitrogens with zero attached hydrogens (tertiary/aromatic N) is 2. The van der Waals surface area contributed by atoms with Crippen LogP contribution >= 0.6 is 27.5 Å². The molecule has 0 spiro atoms. The van der Waals surface area contributed by atoms with E-state index >= 15 is 0 Å². The Kier molecular flexibility index (Phi) is 4.02. The lowest BCUT2D eigenvalue weighted by atomic mass is 10.0. The van der Waals surface area contributed by atoms with Gasteiger partial charge >= 0.3 is 0 Å². The molecule has 3 nitrogen and oxygen atoms in total. The number of fused-ring (bicyclic) bond motifs is 1. The van der Waals surface area contributed by atoms with Crippen molar-refractivity contribution in [3.63, 3.8) is 0 Å². The van der Waals surface area contributed by atoms with E-state index < -0.39 is 0 Å². The molecular formula is C16H15BrClN3. The Hall–Kier alpha value is -1.36. The van der Waals surface area contributed by atoms with E-state index in [1.165, 1.54) is 0 Å². The minimum atomic E-state index is -0.177. The third-order valence-electron chi connectivity index (χ3n) is 3.61. The Morgan fingerprint density at radius 2 is 2.05 bits per heavy atom. The molecule has 21 heavy (non-hydrogen) atoms. The zero-order chi connectivity index (χ0) is 15.0. The van der Waals surface area contributed by atoms with E-state index in [0.717, 1.165) is 26.6 Å². The number of hydrogen-bond acceptors (Lipinski definition) is 2. The molecule has 5 heteroatoms. The highest BCUT2D eigenvalue weighted by Gasteiger charge is 2.15. The van der Waals surface area contributed by atoms with Crippen LogP contribution in [0.3, 0.4) is 0 Å². The van der Waals surface area contributed by atoms with Crippen LogP contribution in [0.4, 0.5) is 0 Å². The molecule has 0 amide bonds. The molecular weight excluding hydrogens is 350 g/mol. The highest BCUT2D eigenvalue weighted by atomic mass is 79.9. The fraction of sp³-hybridized carbons (Fsp3) is 0.188. The molecule has 1 heterocycles. The maximum atomic E-state index is 6.33. The number of aromatic nitrogens is 2. The van der Waals surface area contributed by atoms with Crippen molar-refractivity contribution in [3.8, 4) is 0 Å². The fourth-order valence-electron chi connectivity index (χ4n) is 2.56. The van der Waals surface area contributed by atoms with Crippen molar-refractivity contribution in [2.45, 2.75) is 12.5 Å². The van der Waals surface area contributed by atoms with E-state index in [1.807, 2.05) is 42.1 Å². The quantitative estimate of drug-likeness (QED) is 0.755. The van der Waals surface area contributed by atoms with Crippen LogP contribution in [0.5, 0.6) is 0 Å². The van der Waals surface area contributed by atoms with Gasteiger partial charge in [0, 0.05) is 34.4 Å². The second-order valence-electron chi connectivity index (χ2n) is 5.06. The molecule has 0 aliphatic rings. The summed E-state index contributed by atoms with van der Waals surface area (Å²) < 4.78 is 2.84. The minimum Gasteiger partial charge on any atom is -0.324 e. The summed E-state index contributed by atoms with van der Waals surface area (Å²) in [6, 6.07) is 13.8. The van der Waals surface area contributed by atoms with Crippen molar-refractivity contribution in [2.24, 2.45) is 12.8 Å². The van der Waals surface area contributed by atoms with Gasteiger partial charge in [0.2, 0.25) is 0 Å². The maximum Gasteiger partial charge on any atom is 0.0722 e. The predicted octanol–water partition coefficient (Wildman–Crippen LogP) is 4.23. The molecule has 2 N–H and O–H groups in total. The zero-order valence-corrected chi connectivity index (χ0v) is 13.9. The lowest BCUT2D eigenvalue weighted by Gasteiger charge is -2.13. The minimum absolute atomic E-state index is 0.177. The molecule has 0 aliphatic carbocycles. The monoisotopic (exact) mass is 363 g/mol. The van der Waals surface area contributed by atoms with Crippen LogP contribution in [-0.2, 0) is 13.5 Å². The summed E-state index contributed by atoms with van der Waals surface area (Å²) >= 11 is 9.69. The molecule has 2 aromatic carbocycles. The number of benzene rings is 2. The first kappa shape index (κ1) is 14.6. The van der Waals surface area contributed by atoms with E-state index in [2.05, 4.69) is 33.2 Å². The highest BCUT2D eigenvalue weighted by molar-refractivity contribution is 9.10. The molecule has 0 fully saturated rings. The lowest BCUT2D eigenvalue weighted by molar-refractivity contribution is 0.682. The van der Waals surface area contributed by atoms with E-state index in [0.29, 0.717) is 11.4 Å². The number of rotatable bonds is 3. The summed E-state index contributed by atoms with van der Waals surface area (Å²) in [7, 11) is 1.95. The molecule has 0 bridgehead atoms. The molecule has 0 saturated heterocycles. The average Bonchev–Trinajstić information content (AvgIpc) is 2.76. The van der Waals surface area contributed by atoms with Crippen molar-refractivity contribution in [3.05, 3.63) is 63.2 Å². The first-order chi connectivity index (χ1) is 10.1. The van der Waals surface area contributed by atoms with E-state index in [-0.39, 0.29) is 6.04 Å². The first-order valence-corrected chi connectivity index (χ1v) is 7.84. The number of hydrogen-bond donors (Lipinski definition) is 1. The van der Waals surface area contributed by atoms with E-state index in [9.17, 15) is 0 Å². The number of nitrogens with two attached hydrogens (primary N) is 1. The van der Waals surface area contributed by atoms with Crippen LogP contribution in [0.25, 0.3) is 10.9 Å². The van der Waals surface area contributed by atoms with Crippen LogP contribution in [0.1, 0.15) is 17.3 Å². The normalized spacial score (nSPS) is 12.8. The maximum absolute atomic E-state index is 6.33. The van der Waals surface area contributed by atoms with Crippen LogP contribution < -0.4 is 5.73 Å². The van der Waals surface area contributed by atoms with Gasteiger partial charge in [-0.1, -0.05) is 51.8 Å². The summed E-state index contributed by atoms with van der Waals surface area (Å²) in [4.78, 5) is 0. The molecule has 1 unspecified atom stereocenters. The van der Waals surface area contributed by atoms with Gasteiger partial charge < -0.3 is 5.73 Å². The van der Waals surface area contributed by atoms with Gasteiger partial charge in [-0.15, -0.1) is 0 Å².